The first-order valence-corrected chi connectivity index (χ1v) is 6.75. The molecule has 4 nitrogen and oxygen atoms in total. The second-order valence-corrected chi connectivity index (χ2v) is 4.83. The molecule has 0 radical (unpaired) electrons. The highest BCUT2D eigenvalue weighted by Gasteiger charge is 1.99. The van der Waals surface area contributed by atoms with E-state index in [-0.39, 0.29) is 0 Å². The molecule has 0 aliphatic rings. The maximum atomic E-state index is 5.65. The second-order valence-electron chi connectivity index (χ2n) is 4.39. The average molecular weight is 287 g/mol. The van der Waals surface area contributed by atoms with Crippen LogP contribution in [0.25, 0.3) is 0 Å². The van der Waals surface area contributed by atoms with Crippen LogP contribution in [0, 0.1) is 6.92 Å². The molecule has 104 valence electrons. The zero-order chi connectivity index (χ0) is 14.4. The van der Waals surface area contributed by atoms with Gasteiger partial charge in [0.25, 0.3) is 0 Å². The van der Waals surface area contributed by atoms with E-state index in [0.717, 1.165) is 17.1 Å². The van der Waals surface area contributed by atoms with Gasteiger partial charge in [0.1, 0.15) is 23.2 Å². The monoisotopic (exact) mass is 287 g/mol. The van der Waals surface area contributed by atoms with Gasteiger partial charge in [0.2, 0.25) is 0 Å². The van der Waals surface area contributed by atoms with Crippen molar-refractivity contribution in [3.8, 4) is 5.75 Å². The predicted octanol–water partition coefficient (Wildman–Crippen LogP) is 2.52. The van der Waals surface area contributed by atoms with Crippen LogP contribution < -0.4 is 15.8 Å². The van der Waals surface area contributed by atoms with E-state index >= 15 is 0 Å². The van der Waals surface area contributed by atoms with Crippen molar-refractivity contribution < 1.29 is 4.74 Å². The standard InChI is InChI=1S/C15H17N3OS/c1-11-3-2-4-13(9-11)19-8-7-18-14-10-12(15(16)20)5-6-17-14/h2-6,9-10H,7-8H2,1H3,(H2,16,20)(H,17,18). The highest BCUT2D eigenvalue weighted by atomic mass is 32.1. The molecule has 0 fully saturated rings. The maximum Gasteiger partial charge on any atom is 0.126 e. The Morgan fingerprint density at radius 2 is 2.20 bits per heavy atom. The zero-order valence-corrected chi connectivity index (χ0v) is 12.1. The first-order valence-electron chi connectivity index (χ1n) is 6.34. The highest BCUT2D eigenvalue weighted by Crippen LogP contribution is 2.12. The van der Waals surface area contributed by atoms with Crippen molar-refractivity contribution in [1.82, 2.24) is 4.98 Å². The molecule has 5 heteroatoms. The Balaban J connectivity index is 1.81. The predicted molar refractivity (Wildman–Crippen MR) is 85.3 cm³/mol. The molecule has 1 aromatic heterocycles. The van der Waals surface area contributed by atoms with Gasteiger partial charge in [0, 0.05) is 11.8 Å². The van der Waals surface area contributed by atoms with Crippen LogP contribution >= 0.6 is 12.2 Å². The van der Waals surface area contributed by atoms with Gasteiger partial charge < -0.3 is 15.8 Å². The number of rotatable bonds is 6. The van der Waals surface area contributed by atoms with Crippen molar-refractivity contribution in [3.05, 3.63) is 53.7 Å². The minimum Gasteiger partial charge on any atom is -0.492 e. The van der Waals surface area contributed by atoms with Crippen LogP contribution in [0.15, 0.2) is 42.6 Å². The molecular formula is C15H17N3OS. The first kappa shape index (κ1) is 14.3. The summed E-state index contributed by atoms with van der Waals surface area (Å²) in [6.45, 7) is 3.25. The molecule has 0 aliphatic heterocycles. The lowest BCUT2D eigenvalue weighted by molar-refractivity contribution is 0.332. The number of nitrogens with zero attached hydrogens (tertiary/aromatic N) is 1. The van der Waals surface area contributed by atoms with Gasteiger partial charge in [-0.1, -0.05) is 24.4 Å². The third-order valence-corrected chi connectivity index (χ3v) is 2.95. The molecule has 0 atom stereocenters. The van der Waals surface area contributed by atoms with E-state index in [0.29, 0.717) is 18.1 Å². The van der Waals surface area contributed by atoms with Crippen molar-refractivity contribution in [2.45, 2.75) is 6.92 Å². The number of hydrogen-bond acceptors (Lipinski definition) is 4. The summed E-state index contributed by atoms with van der Waals surface area (Å²) in [6, 6.07) is 11.6. The van der Waals surface area contributed by atoms with E-state index < -0.39 is 0 Å². The van der Waals surface area contributed by atoms with Crippen molar-refractivity contribution in [1.29, 1.82) is 0 Å². The number of pyridine rings is 1. The smallest absolute Gasteiger partial charge is 0.126 e. The van der Waals surface area contributed by atoms with E-state index in [9.17, 15) is 0 Å². The van der Waals surface area contributed by atoms with Crippen molar-refractivity contribution >= 4 is 23.0 Å². The van der Waals surface area contributed by atoms with E-state index in [2.05, 4.69) is 10.3 Å². The van der Waals surface area contributed by atoms with Gasteiger partial charge in [0.05, 0.1) is 6.54 Å². The molecule has 0 amide bonds. The van der Waals surface area contributed by atoms with Crippen LogP contribution in [0.2, 0.25) is 0 Å². The largest absolute Gasteiger partial charge is 0.492 e. The minimum atomic E-state index is 0.367. The number of benzene rings is 1. The molecule has 0 spiro atoms. The number of anilines is 1. The number of hydrogen-bond donors (Lipinski definition) is 2. The fourth-order valence-electron chi connectivity index (χ4n) is 1.73. The van der Waals surface area contributed by atoms with Gasteiger partial charge >= 0.3 is 0 Å². The first-order chi connectivity index (χ1) is 9.65. The summed E-state index contributed by atoms with van der Waals surface area (Å²) < 4.78 is 5.65. The molecule has 1 aromatic carbocycles. The van der Waals surface area contributed by atoms with Crippen molar-refractivity contribution in [2.75, 3.05) is 18.5 Å². The molecular weight excluding hydrogens is 270 g/mol. The Kier molecular flexibility index (Phi) is 4.90. The molecule has 0 saturated carbocycles. The SMILES string of the molecule is Cc1cccc(OCCNc2cc(C(N)=S)ccn2)c1. The molecule has 2 rings (SSSR count). The minimum absolute atomic E-state index is 0.367. The van der Waals surface area contributed by atoms with Gasteiger partial charge in [0.15, 0.2) is 0 Å². The van der Waals surface area contributed by atoms with Crippen molar-refractivity contribution in [2.24, 2.45) is 5.73 Å². The van der Waals surface area contributed by atoms with Crippen LogP contribution in [0.5, 0.6) is 5.75 Å². The summed E-state index contributed by atoms with van der Waals surface area (Å²) in [7, 11) is 0. The lowest BCUT2D eigenvalue weighted by atomic mass is 10.2. The lowest BCUT2D eigenvalue weighted by Crippen LogP contribution is -2.14. The summed E-state index contributed by atoms with van der Waals surface area (Å²) in [5.74, 6) is 1.61. The summed E-state index contributed by atoms with van der Waals surface area (Å²) in [4.78, 5) is 4.57. The molecule has 20 heavy (non-hydrogen) atoms. The fraction of sp³-hybridized carbons (Fsp3) is 0.200. The second kappa shape index (κ2) is 6.86. The number of nitrogens with two attached hydrogens (primary N) is 1. The maximum absolute atomic E-state index is 5.65. The lowest BCUT2D eigenvalue weighted by Gasteiger charge is -2.09. The van der Waals surface area contributed by atoms with E-state index in [4.69, 9.17) is 22.7 Å². The molecule has 3 N–H and O–H groups in total. The van der Waals surface area contributed by atoms with Crippen LogP contribution in [-0.2, 0) is 0 Å². The molecule has 1 heterocycles. The number of aromatic nitrogens is 1. The van der Waals surface area contributed by atoms with Gasteiger partial charge in [-0.15, -0.1) is 0 Å². The topological polar surface area (TPSA) is 60.2 Å². The van der Waals surface area contributed by atoms with E-state index in [1.54, 1.807) is 12.3 Å². The Hall–Kier alpha value is -2.14. The fourth-order valence-corrected chi connectivity index (χ4v) is 1.86. The summed E-state index contributed by atoms with van der Waals surface area (Å²) >= 11 is 4.93. The van der Waals surface area contributed by atoms with Gasteiger partial charge in [-0.2, -0.15) is 0 Å². The molecule has 0 bridgehead atoms. The average Bonchev–Trinajstić information content (AvgIpc) is 2.44. The molecule has 0 aliphatic carbocycles. The van der Waals surface area contributed by atoms with Gasteiger partial charge in [-0.25, -0.2) is 4.98 Å². The van der Waals surface area contributed by atoms with Crippen LogP contribution in [0.3, 0.4) is 0 Å². The normalized spacial score (nSPS) is 10.1. The quantitative estimate of drug-likeness (QED) is 0.631. The molecule has 0 unspecified atom stereocenters. The van der Waals surface area contributed by atoms with Gasteiger partial charge in [-0.05, 0) is 36.8 Å². The number of thiocarbonyl (C=S) groups is 1. The third-order valence-electron chi connectivity index (χ3n) is 2.71. The highest BCUT2D eigenvalue weighted by molar-refractivity contribution is 7.80. The third kappa shape index (κ3) is 4.20. The Morgan fingerprint density at radius 1 is 1.35 bits per heavy atom. The van der Waals surface area contributed by atoms with E-state index in [1.807, 2.05) is 37.3 Å². The molecule has 2 aromatic rings. The Bertz CT molecular complexity index is 601. The number of ether oxygens (including phenoxy) is 1. The summed E-state index contributed by atoms with van der Waals surface area (Å²) in [5.41, 5.74) is 7.56. The van der Waals surface area contributed by atoms with Crippen LogP contribution in [-0.4, -0.2) is 23.1 Å². The Labute approximate surface area is 124 Å². The molecule has 0 saturated heterocycles. The van der Waals surface area contributed by atoms with Gasteiger partial charge in [-0.3, -0.25) is 0 Å². The Morgan fingerprint density at radius 3 is 2.95 bits per heavy atom. The summed E-state index contributed by atoms with van der Waals surface area (Å²) in [6.07, 6.45) is 1.68. The number of nitrogens with one attached hydrogen (secondary N) is 1. The summed E-state index contributed by atoms with van der Waals surface area (Å²) in [5, 5.41) is 3.17. The van der Waals surface area contributed by atoms with Crippen LogP contribution in [0.1, 0.15) is 11.1 Å². The van der Waals surface area contributed by atoms with Crippen LogP contribution in [0.4, 0.5) is 5.82 Å². The van der Waals surface area contributed by atoms with E-state index in [1.165, 1.54) is 5.56 Å². The van der Waals surface area contributed by atoms with Crippen molar-refractivity contribution in [3.63, 3.8) is 0 Å². The number of aryl methyl sites for hydroxylation is 1. The zero-order valence-electron chi connectivity index (χ0n) is 11.3.